The summed E-state index contributed by atoms with van der Waals surface area (Å²) in [6.45, 7) is -0.362. The van der Waals surface area contributed by atoms with E-state index >= 15 is 0 Å². The fraction of sp³-hybridized carbons (Fsp3) is 0.0455. The molecule has 0 aliphatic rings. The Morgan fingerprint density at radius 1 is 1.03 bits per heavy atom. The molecule has 11 heteroatoms. The highest BCUT2D eigenvalue weighted by molar-refractivity contribution is 6.05. The van der Waals surface area contributed by atoms with E-state index in [4.69, 9.17) is 0 Å². The molecule has 0 radical (unpaired) electrons. The third-order valence-electron chi connectivity index (χ3n) is 4.93. The number of nitro benzene ring substituents is 1. The van der Waals surface area contributed by atoms with Gasteiger partial charge in [0.1, 0.15) is 22.7 Å². The summed E-state index contributed by atoms with van der Waals surface area (Å²) in [5, 5.41) is 13.2. The number of hydrogen-bond donors (Lipinski definition) is 2. The summed E-state index contributed by atoms with van der Waals surface area (Å²) in [7, 11) is 0. The minimum atomic E-state index is -0.872. The van der Waals surface area contributed by atoms with Crippen LogP contribution in [-0.4, -0.2) is 20.4 Å². The van der Waals surface area contributed by atoms with Crippen molar-refractivity contribution in [2.24, 2.45) is 0 Å². The number of benzene rings is 2. The number of aromatic amines is 1. The zero-order valence-electron chi connectivity index (χ0n) is 16.7. The fourth-order valence-corrected chi connectivity index (χ4v) is 3.31. The summed E-state index contributed by atoms with van der Waals surface area (Å²) < 4.78 is 29.7. The summed E-state index contributed by atoms with van der Waals surface area (Å²) in [5.74, 6) is -2.51. The number of anilines is 1. The van der Waals surface area contributed by atoms with Crippen LogP contribution in [-0.2, 0) is 6.54 Å². The normalized spacial score (nSPS) is 10.8. The summed E-state index contributed by atoms with van der Waals surface area (Å²) in [6, 6.07) is 10.7. The van der Waals surface area contributed by atoms with Gasteiger partial charge in [-0.1, -0.05) is 6.07 Å². The molecule has 9 nitrogen and oxygen atoms in total. The van der Waals surface area contributed by atoms with E-state index in [-0.39, 0.29) is 34.5 Å². The molecule has 2 heterocycles. The second-order valence-electron chi connectivity index (χ2n) is 7.04. The first-order chi connectivity index (χ1) is 15.7. The number of hydrogen-bond acceptors (Lipinski definition) is 5. The maximum atomic E-state index is 14.2. The first-order valence-electron chi connectivity index (χ1n) is 9.50. The van der Waals surface area contributed by atoms with Gasteiger partial charge in [-0.25, -0.2) is 8.78 Å². The van der Waals surface area contributed by atoms with Crippen molar-refractivity contribution in [1.29, 1.82) is 0 Å². The number of amides is 1. The molecule has 0 spiro atoms. The minimum absolute atomic E-state index is 0.161. The summed E-state index contributed by atoms with van der Waals surface area (Å²) in [4.78, 5) is 50.1. The zero-order chi connectivity index (χ0) is 23.7. The van der Waals surface area contributed by atoms with Crippen LogP contribution >= 0.6 is 0 Å². The molecule has 0 saturated heterocycles. The number of nitrogens with zero attached hydrogens (tertiary/aromatic N) is 2. The smallest absolute Gasteiger partial charge is 0.269 e. The number of nitrogens with one attached hydrogen (secondary N) is 2. The molecule has 0 saturated carbocycles. The van der Waals surface area contributed by atoms with Crippen molar-refractivity contribution in [2.75, 3.05) is 5.32 Å². The highest BCUT2D eigenvalue weighted by atomic mass is 19.1. The monoisotopic (exact) mass is 452 g/mol. The molecule has 0 atom stereocenters. The van der Waals surface area contributed by atoms with Crippen molar-refractivity contribution in [3.05, 3.63) is 114 Å². The van der Waals surface area contributed by atoms with E-state index in [1.165, 1.54) is 41.0 Å². The Hall–Kier alpha value is -4.67. The Morgan fingerprint density at radius 3 is 2.33 bits per heavy atom. The van der Waals surface area contributed by atoms with E-state index < -0.39 is 39.0 Å². The van der Waals surface area contributed by atoms with Crippen molar-refractivity contribution in [2.45, 2.75) is 6.54 Å². The van der Waals surface area contributed by atoms with Crippen LogP contribution in [0.4, 0.5) is 20.2 Å². The van der Waals surface area contributed by atoms with Crippen molar-refractivity contribution >= 4 is 28.3 Å². The summed E-state index contributed by atoms with van der Waals surface area (Å²) >= 11 is 0. The molecule has 33 heavy (non-hydrogen) atoms. The lowest BCUT2D eigenvalue weighted by atomic mass is 10.1. The van der Waals surface area contributed by atoms with Gasteiger partial charge in [-0.05, 0) is 30.3 Å². The van der Waals surface area contributed by atoms with Gasteiger partial charge in [0, 0.05) is 35.6 Å². The van der Waals surface area contributed by atoms with Gasteiger partial charge in [-0.3, -0.25) is 24.5 Å². The Bertz CT molecular complexity index is 1510. The standard InChI is InChI=1S/C22H14F2N4O5/c23-16-2-1-3-17(24)14(16)10-27-11-15(21(30)20-18(27)8-9-19(29)26-20)22(31)25-12-4-6-13(7-5-12)28(32)33/h1-9,11H,10H2,(H,25,31)(H,26,29). The van der Waals surface area contributed by atoms with Crippen LogP contribution in [0, 0.1) is 21.7 Å². The molecular weight excluding hydrogens is 438 g/mol. The van der Waals surface area contributed by atoms with Crippen LogP contribution in [0.15, 0.2) is 70.4 Å². The molecule has 4 rings (SSSR count). The van der Waals surface area contributed by atoms with Crippen LogP contribution in [0.1, 0.15) is 15.9 Å². The number of fused-ring (bicyclic) bond motifs is 1. The molecule has 2 aromatic heterocycles. The maximum absolute atomic E-state index is 14.2. The lowest BCUT2D eigenvalue weighted by molar-refractivity contribution is -0.384. The molecule has 2 N–H and O–H groups in total. The first kappa shape index (κ1) is 21.6. The third kappa shape index (κ3) is 4.24. The van der Waals surface area contributed by atoms with Gasteiger partial charge in [-0.2, -0.15) is 0 Å². The van der Waals surface area contributed by atoms with Crippen molar-refractivity contribution in [1.82, 2.24) is 9.55 Å². The van der Waals surface area contributed by atoms with Gasteiger partial charge >= 0.3 is 0 Å². The van der Waals surface area contributed by atoms with Gasteiger partial charge in [0.05, 0.1) is 17.0 Å². The summed E-state index contributed by atoms with van der Waals surface area (Å²) in [5.41, 5.74) is -2.16. The average molecular weight is 452 g/mol. The third-order valence-corrected chi connectivity index (χ3v) is 4.93. The number of aromatic nitrogens is 2. The van der Waals surface area contributed by atoms with Crippen molar-refractivity contribution < 1.29 is 18.5 Å². The lowest BCUT2D eigenvalue weighted by Crippen LogP contribution is -2.26. The topological polar surface area (TPSA) is 127 Å². The number of pyridine rings is 2. The molecule has 2 aromatic carbocycles. The molecular formula is C22H14F2N4O5. The van der Waals surface area contributed by atoms with Gasteiger partial charge < -0.3 is 14.9 Å². The largest absolute Gasteiger partial charge is 0.341 e. The zero-order valence-corrected chi connectivity index (χ0v) is 16.7. The van der Waals surface area contributed by atoms with E-state index in [1.54, 1.807) is 0 Å². The number of halogens is 2. The number of H-pyrrole nitrogens is 1. The second-order valence-corrected chi connectivity index (χ2v) is 7.04. The lowest BCUT2D eigenvalue weighted by Gasteiger charge is -2.14. The highest BCUT2D eigenvalue weighted by Gasteiger charge is 2.19. The first-order valence-corrected chi connectivity index (χ1v) is 9.50. The van der Waals surface area contributed by atoms with Gasteiger partial charge in [0.2, 0.25) is 11.0 Å². The van der Waals surface area contributed by atoms with E-state index in [0.29, 0.717) is 0 Å². The Labute approximate surface area is 183 Å². The van der Waals surface area contributed by atoms with Crippen LogP contribution in [0.5, 0.6) is 0 Å². The minimum Gasteiger partial charge on any atom is -0.341 e. The quantitative estimate of drug-likeness (QED) is 0.355. The van der Waals surface area contributed by atoms with Crippen LogP contribution < -0.4 is 16.3 Å². The SMILES string of the molecule is O=C(Nc1ccc([N+](=O)[O-])cc1)c1cn(Cc2c(F)cccc2F)c2ccc(=O)[nH]c2c1=O. The number of carbonyl (C=O) groups excluding carboxylic acids is 1. The van der Waals surface area contributed by atoms with Crippen molar-refractivity contribution in [3.8, 4) is 0 Å². The Balaban J connectivity index is 1.80. The number of carbonyl (C=O) groups is 1. The number of nitro groups is 1. The van der Waals surface area contributed by atoms with Gasteiger partial charge in [-0.15, -0.1) is 0 Å². The second kappa shape index (κ2) is 8.46. The molecule has 0 unspecified atom stereocenters. The Morgan fingerprint density at radius 2 is 1.70 bits per heavy atom. The number of rotatable bonds is 5. The van der Waals surface area contributed by atoms with E-state index in [0.717, 1.165) is 24.4 Å². The predicted molar refractivity (Wildman–Crippen MR) is 115 cm³/mol. The van der Waals surface area contributed by atoms with Gasteiger partial charge in [0.15, 0.2) is 0 Å². The van der Waals surface area contributed by atoms with E-state index in [9.17, 15) is 33.3 Å². The fourth-order valence-electron chi connectivity index (χ4n) is 3.31. The maximum Gasteiger partial charge on any atom is 0.269 e. The highest BCUT2D eigenvalue weighted by Crippen LogP contribution is 2.19. The molecule has 0 bridgehead atoms. The molecule has 0 aliphatic carbocycles. The number of non-ortho nitro benzene ring substituents is 1. The van der Waals surface area contributed by atoms with Crippen LogP contribution in [0.3, 0.4) is 0 Å². The van der Waals surface area contributed by atoms with E-state index in [2.05, 4.69) is 10.3 Å². The molecule has 0 aliphatic heterocycles. The Kier molecular flexibility index (Phi) is 5.53. The predicted octanol–water partition coefficient (Wildman–Crippen LogP) is 3.18. The van der Waals surface area contributed by atoms with Crippen molar-refractivity contribution in [3.63, 3.8) is 0 Å². The van der Waals surface area contributed by atoms with Gasteiger partial charge in [0.25, 0.3) is 11.6 Å². The van der Waals surface area contributed by atoms with Crippen LogP contribution in [0.25, 0.3) is 11.0 Å². The summed E-state index contributed by atoms with van der Waals surface area (Å²) in [6.07, 6.45) is 1.13. The molecule has 1 amide bonds. The molecule has 0 fully saturated rings. The van der Waals surface area contributed by atoms with E-state index in [1.807, 2.05) is 0 Å². The van der Waals surface area contributed by atoms with Crippen LogP contribution in [0.2, 0.25) is 0 Å². The molecule has 166 valence electrons. The average Bonchev–Trinajstić information content (AvgIpc) is 2.78. The molecule has 4 aromatic rings.